The lowest BCUT2D eigenvalue weighted by Gasteiger charge is -2.34. The van der Waals surface area contributed by atoms with Gasteiger partial charge >= 0.3 is 0 Å². The maximum atomic E-state index is 12.2. The molecule has 0 unspecified atom stereocenters. The second kappa shape index (κ2) is 6.73. The van der Waals surface area contributed by atoms with Gasteiger partial charge in [0.1, 0.15) is 5.52 Å². The normalized spacial score (nSPS) is 14.7. The van der Waals surface area contributed by atoms with E-state index in [1.54, 1.807) is 19.3 Å². The summed E-state index contributed by atoms with van der Waals surface area (Å²) in [5, 5.41) is 1.86. The van der Waals surface area contributed by atoms with Crippen LogP contribution < -0.4 is 10.5 Å². The van der Waals surface area contributed by atoms with Crippen LogP contribution in [-0.2, 0) is 4.79 Å². The summed E-state index contributed by atoms with van der Waals surface area (Å²) in [6, 6.07) is 9.71. The second-order valence-corrected chi connectivity index (χ2v) is 7.22. The van der Waals surface area contributed by atoms with Crippen molar-refractivity contribution in [3.8, 4) is 11.3 Å². The number of piperazine rings is 1. The van der Waals surface area contributed by atoms with Gasteiger partial charge in [0.2, 0.25) is 11.9 Å². The third-order valence-electron chi connectivity index (χ3n) is 5.48. The van der Waals surface area contributed by atoms with E-state index in [9.17, 15) is 9.59 Å². The second-order valence-electron chi connectivity index (χ2n) is 7.22. The van der Waals surface area contributed by atoms with Crippen molar-refractivity contribution < 1.29 is 4.79 Å². The number of carbonyl (C=O) groups excluding carboxylic acids is 1. The van der Waals surface area contributed by atoms with Crippen LogP contribution in [0, 0.1) is 0 Å². The van der Waals surface area contributed by atoms with Crippen molar-refractivity contribution in [3.05, 3.63) is 53.1 Å². The van der Waals surface area contributed by atoms with Crippen LogP contribution in [0.2, 0.25) is 0 Å². The minimum atomic E-state index is -0.126. The number of hydrogen-bond donors (Lipinski definition) is 2. The number of anilines is 1. The number of H-pyrrole nitrogens is 2. The van der Waals surface area contributed by atoms with E-state index in [4.69, 9.17) is 4.98 Å². The van der Waals surface area contributed by atoms with Gasteiger partial charge in [0.05, 0.1) is 5.69 Å². The molecule has 29 heavy (non-hydrogen) atoms. The van der Waals surface area contributed by atoms with Crippen molar-refractivity contribution >= 4 is 33.7 Å². The lowest BCUT2D eigenvalue weighted by Crippen LogP contribution is -2.48. The van der Waals surface area contributed by atoms with Crippen molar-refractivity contribution in [2.75, 3.05) is 31.1 Å². The summed E-state index contributed by atoms with van der Waals surface area (Å²) in [4.78, 5) is 42.7. The molecule has 1 fully saturated rings. The van der Waals surface area contributed by atoms with Gasteiger partial charge in [-0.05, 0) is 24.3 Å². The Morgan fingerprint density at radius 1 is 1.07 bits per heavy atom. The maximum absolute atomic E-state index is 12.2. The molecule has 0 radical (unpaired) electrons. The van der Waals surface area contributed by atoms with E-state index in [1.165, 1.54) is 0 Å². The Balaban J connectivity index is 1.51. The standard InChI is InChI=1S/C21H20N6O2/c1-13(28)26-8-10-27(11-9-26)21-23-7-5-17(25-21)14-2-3-18-16(12-14)15-4-6-22-19(15)20(29)24-18/h2-7,12,22H,8-11H2,1H3,(H,24,29). The van der Waals surface area contributed by atoms with E-state index in [0.717, 1.165) is 27.5 Å². The van der Waals surface area contributed by atoms with Crippen molar-refractivity contribution in [1.82, 2.24) is 24.8 Å². The third kappa shape index (κ3) is 3.02. The van der Waals surface area contributed by atoms with Crippen molar-refractivity contribution in [1.29, 1.82) is 0 Å². The summed E-state index contributed by atoms with van der Waals surface area (Å²) in [7, 11) is 0. The molecule has 0 bridgehead atoms. The molecule has 1 saturated heterocycles. The first-order chi connectivity index (χ1) is 14.1. The fourth-order valence-corrected chi connectivity index (χ4v) is 3.88. The van der Waals surface area contributed by atoms with Gasteiger partial charge in [0.15, 0.2) is 0 Å². The Labute approximate surface area is 166 Å². The molecule has 4 aromatic rings. The molecular formula is C21H20N6O2. The molecule has 5 rings (SSSR count). The fraction of sp³-hybridized carbons (Fsp3) is 0.238. The highest BCUT2D eigenvalue weighted by molar-refractivity contribution is 6.05. The summed E-state index contributed by atoms with van der Waals surface area (Å²) < 4.78 is 0. The molecular weight excluding hydrogens is 368 g/mol. The van der Waals surface area contributed by atoms with Gasteiger partial charge < -0.3 is 19.8 Å². The number of nitrogens with one attached hydrogen (secondary N) is 2. The van der Waals surface area contributed by atoms with Gasteiger partial charge in [-0.3, -0.25) is 9.59 Å². The monoisotopic (exact) mass is 388 g/mol. The van der Waals surface area contributed by atoms with Gasteiger partial charge in [0, 0.05) is 67.3 Å². The zero-order chi connectivity index (χ0) is 20.0. The van der Waals surface area contributed by atoms with Crippen LogP contribution in [0.15, 0.2) is 47.5 Å². The molecule has 0 spiro atoms. The van der Waals surface area contributed by atoms with E-state index in [1.807, 2.05) is 35.2 Å². The molecule has 2 N–H and O–H groups in total. The molecule has 1 amide bonds. The van der Waals surface area contributed by atoms with Gasteiger partial charge in [-0.15, -0.1) is 0 Å². The van der Waals surface area contributed by atoms with Crippen LogP contribution >= 0.6 is 0 Å². The van der Waals surface area contributed by atoms with E-state index in [2.05, 4.69) is 19.9 Å². The number of rotatable bonds is 2. The van der Waals surface area contributed by atoms with Gasteiger partial charge in [-0.25, -0.2) is 9.97 Å². The highest BCUT2D eigenvalue weighted by atomic mass is 16.2. The van der Waals surface area contributed by atoms with Gasteiger partial charge in [-0.2, -0.15) is 0 Å². The van der Waals surface area contributed by atoms with E-state index < -0.39 is 0 Å². The number of amides is 1. The first-order valence-electron chi connectivity index (χ1n) is 9.57. The lowest BCUT2D eigenvalue weighted by molar-refractivity contribution is -0.129. The Hall–Kier alpha value is -3.68. The first-order valence-corrected chi connectivity index (χ1v) is 9.57. The zero-order valence-electron chi connectivity index (χ0n) is 16.0. The Morgan fingerprint density at radius 2 is 1.90 bits per heavy atom. The predicted molar refractivity (Wildman–Crippen MR) is 112 cm³/mol. The van der Waals surface area contributed by atoms with E-state index in [-0.39, 0.29) is 11.5 Å². The van der Waals surface area contributed by atoms with Crippen LogP contribution in [0.3, 0.4) is 0 Å². The zero-order valence-corrected chi connectivity index (χ0v) is 16.0. The first kappa shape index (κ1) is 17.4. The fourth-order valence-electron chi connectivity index (χ4n) is 3.88. The maximum Gasteiger partial charge on any atom is 0.272 e. The molecule has 1 aliphatic heterocycles. The number of aromatic amines is 2. The Bertz CT molecular complexity index is 1280. The molecule has 0 aliphatic carbocycles. The van der Waals surface area contributed by atoms with Crippen molar-refractivity contribution in [2.24, 2.45) is 0 Å². The molecule has 0 atom stereocenters. The predicted octanol–water partition coefficient (Wildman–Crippen LogP) is 2.13. The average molecular weight is 388 g/mol. The average Bonchev–Trinajstić information content (AvgIpc) is 3.25. The highest BCUT2D eigenvalue weighted by Gasteiger charge is 2.20. The van der Waals surface area contributed by atoms with Crippen LogP contribution in [-0.4, -0.2) is 56.9 Å². The molecule has 146 valence electrons. The molecule has 0 saturated carbocycles. The SMILES string of the molecule is CC(=O)N1CCN(c2nccc(-c3ccc4[nH]c(=O)c5[nH]ccc5c4c3)n2)CC1. The minimum Gasteiger partial charge on any atom is -0.357 e. The van der Waals surface area contributed by atoms with Crippen LogP contribution in [0.4, 0.5) is 5.95 Å². The smallest absolute Gasteiger partial charge is 0.272 e. The highest BCUT2D eigenvalue weighted by Crippen LogP contribution is 2.27. The number of fused-ring (bicyclic) bond motifs is 3. The lowest BCUT2D eigenvalue weighted by atomic mass is 10.1. The van der Waals surface area contributed by atoms with Gasteiger partial charge in [0.25, 0.3) is 5.56 Å². The molecule has 1 aromatic carbocycles. The number of pyridine rings is 1. The van der Waals surface area contributed by atoms with Gasteiger partial charge in [-0.1, -0.05) is 6.07 Å². The molecule has 1 aliphatic rings. The number of benzene rings is 1. The molecule has 8 nitrogen and oxygen atoms in total. The molecule has 3 aromatic heterocycles. The topological polar surface area (TPSA) is 98.0 Å². The van der Waals surface area contributed by atoms with Crippen molar-refractivity contribution in [2.45, 2.75) is 6.92 Å². The molecule has 4 heterocycles. The summed E-state index contributed by atoms with van der Waals surface area (Å²) in [5.41, 5.74) is 3.01. The third-order valence-corrected chi connectivity index (χ3v) is 5.48. The number of nitrogens with zero attached hydrogens (tertiary/aromatic N) is 4. The van der Waals surface area contributed by atoms with E-state index in [0.29, 0.717) is 37.6 Å². The van der Waals surface area contributed by atoms with Crippen LogP contribution in [0.1, 0.15) is 6.92 Å². The largest absolute Gasteiger partial charge is 0.357 e. The summed E-state index contributed by atoms with van der Waals surface area (Å²) in [6.45, 7) is 4.38. The van der Waals surface area contributed by atoms with Crippen molar-refractivity contribution in [3.63, 3.8) is 0 Å². The number of aromatic nitrogens is 4. The summed E-state index contributed by atoms with van der Waals surface area (Å²) >= 11 is 0. The molecule has 8 heteroatoms. The number of hydrogen-bond acceptors (Lipinski definition) is 5. The summed E-state index contributed by atoms with van der Waals surface area (Å²) in [6.07, 6.45) is 3.54. The van der Waals surface area contributed by atoms with E-state index >= 15 is 0 Å². The summed E-state index contributed by atoms with van der Waals surface area (Å²) in [5.74, 6) is 0.767. The van der Waals surface area contributed by atoms with Crippen LogP contribution in [0.5, 0.6) is 0 Å². The Morgan fingerprint density at radius 3 is 2.69 bits per heavy atom. The Kier molecular flexibility index (Phi) is 4.04. The number of carbonyl (C=O) groups is 1. The minimum absolute atomic E-state index is 0.101. The van der Waals surface area contributed by atoms with Crippen LogP contribution in [0.25, 0.3) is 33.1 Å². The quantitative estimate of drug-likeness (QED) is 0.548.